The average molecular weight is 383 g/mol. The number of primary amides is 1. The van der Waals surface area contributed by atoms with Gasteiger partial charge in [0.15, 0.2) is 0 Å². The zero-order valence-electron chi connectivity index (χ0n) is 14.2. The Morgan fingerprint density at radius 3 is 2.41 bits per heavy atom. The lowest BCUT2D eigenvalue weighted by Gasteiger charge is -2.11. The van der Waals surface area contributed by atoms with E-state index in [4.69, 9.17) is 5.73 Å². The van der Waals surface area contributed by atoms with Gasteiger partial charge in [-0.3, -0.25) is 4.79 Å². The van der Waals surface area contributed by atoms with Crippen molar-refractivity contribution in [2.45, 2.75) is 13.1 Å². The van der Waals surface area contributed by atoms with E-state index >= 15 is 0 Å². The molecule has 1 aromatic carbocycles. The predicted molar refractivity (Wildman–Crippen MR) is 93.9 cm³/mol. The summed E-state index contributed by atoms with van der Waals surface area (Å²) in [6, 6.07) is 0.761. The Hall–Kier alpha value is -3.36. The number of benzene rings is 1. The summed E-state index contributed by atoms with van der Waals surface area (Å²) in [5.74, 6) is -1.66. The fraction of sp³-hybridized carbons (Fsp3) is 0.111. The Bertz CT molecular complexity index is 824. The molecule has 0 saturated heterocycles. The van der Waals surface area contributed by atoms with Crippen LogP contribution in [0, 0.1) is 5.82 Å². The molecular weight excluding hydrogens is 366 g/mol. The standard InChI is InChI=1S/C18H17F4N3O2/c1-3-12(6-9-16(23)26)5-4-11(2)24-17(27)25-15-10-13(18(20,21)22)7-8-14(15)19/h3-10H,1H2,2H3,(H2,23,26)(H2,24,25,27)/b9-6+,11-4+,12-5+. The molecule has 5 nitrogen and oxygen atoms in total. The van der Waals surface area contributed by atoms with Gasteiger partial charge in [-0.15, -0.1) is 0 Å². The van der Waals surface area contributed by atoms with Gasteiger partial charge < -0.3 is 16.4 Å². The van der Waals surface area contributed by atoms with Gasteiger partial charge in [0, 0.05) is 11.8 Å². The third-order valence-electron chi connectivity index (χ3n) is 3.05. The van der Waals surface area contributed by atoms with Crippen LogP contribution >= 0.6 is 0 Å². The number of allylic oxidation sites excluding steroid dienone is 6. The van der Waals surface area contributed by atoms with Crippen LogP contribution in [0.25, 0.3) is 0 Å². The van der Waals surface area contributed by atoms with E-state index in [0.29, 0.717) is 29.5 Å². The van der Waals surface area contributed by atoms with Crippen molar-refractivity contribution in [1.29, 1.82) is 0 Å². The second-order valence-corrected chi connectivity index (χ2v) is 5.23. The smallest absolute Gasteiger partial charge is 0.366 e. The van der Waals surface area contributed by atoms with Crippen molar-refractivity contribution in [3.63, 3.8) is 0 Å². The number of rotatable bonds is 6. The van der Waals surface area contributed by atoms with E-state index in [1.807, 2.05) is 5.32 Å². The highest BCUT2D eigenvalue weighted by Crippen LogP contribution is 2.31. The monoisotopic (exact) mass is 383 g/mol. The Balaban J connectivity index is 2.85. The molecule has 0 atom stereocenters. The highest BCUT2D eigenvalue weighted by molar-refractivity contribution is 5.90. The van der Waals surface area contributed by atoms with Crippen LogP contribution in [0.3, 0.4) is 0 Å². The van der Waals surface area contributed by atoms with E-state index < -0.39 is 35.2 Å². The molecule has 0 spiro atoms. The molecule has 1 aromatic rings. The summed E-state index contributed by atoms with van der Waals surface area (Å²) in [4.78, 5) is 22.5. The third-order valence-corrected chi connectivity index (χ3v) is 3.05. The zero-order valence-corrected chi connectivity index (χ0v) is 14.2. The summed E-state index contributed by atoms with van der Waals surface area (Å²) >= 11 is 0. The summed E-state index contributed by atoms with van der Waals surface area (Å²) in [5, 5.41) is 4.34. The molecule has 0 aliphatic heterocycles. The average Bonchev–Trinajstić information content (AvgIpc) is 2.55. The molecule has 0 bridgehead atoms. The first kappa shape index (κ1) is 21.7. The maximum absolute atomic E-state index is 13.6. The Labute approximate surface area is 152 Å². The predicted octanol–water partition coefficient (Wildman–Crippen LogP) is 4.02. The lowest BCUT2D eigenvalue weighted by atomic mass is 10.2. The van der Waals surface area contributed by atoms with Gasteiger partial charge in [0.2, 0.25) is 5.91 Å². The summed E-state index contributed by atoms with van der Waals surface area (Å²) in [7, 11) is 0. The molecule has 3 amide bonds. The third kappa shape index (κ3) is 7.59. The van der Waals surface area contributed by atoms with Crippen molar-refractivity contribution >= 4 is 17.6 Å². The van der Waals surface area contributed by atoms with E-state index in [2.05, 4.69) is 11.9 Å². The number of hydrogen-bond acceptors (Lipinski definition) is 2. The molecule has 0 fully saturated rings. The number of anilines is 1. The number of nitrogens with one attached hydrogen (secondary N) is 2. The largest absolute Gasteiger partial charge is 0.416 e. The van der Waals surface area contributed by atoms with Gasteiger partial charge in [0.1, 0.15) is 5.82 Å². The van der Waals surface area contributed by atoms with Gasteiger partial charge in [-0.2, -0.15) is 13.2 Å². The van der Waals surface area contributed by atoms with Crippen molar-refractivity contribution in [3.05, 3.63) is 77.8 Å². The molecule has 1 rings (SSSR count). The molecule has 4 N–H and O–H groups in total. The Kier molecular flexibility index (Phi) is 7.52. The minimum Gasteiger partial charge on any atom is -0.366 e. The van der Waals surface area contributed by atoms with Gasteiger partial charge in [-0.1, -0.05) is 18.7 Å². The Morgan fingerprint density at radius 2 is 1.85 bits per heavy atom. The van der Waals surface area contributed by atoms with Crippen LogP contribution in [0.5, 0.6) is 0 Å². The molecule has 0 saturated carbocycles. The summed E-state index contributed by atoms with van der Waals surface area (Å²) in [6.45, 7) is 5.03. The number of carbonyl (C=O) groups excluding carboxylic acids is 2. The van der Waals surface area contributed by atoms with E-state index in [9.17, 15) is 27.2 Å². The molecule has 9 heteroatoms. The lowest BCUT2D eigenvalue weighted by molar-refractivity contribution is -0.137. The fourth-order valence-corrected chi connectivity index (χ4v) is 1.76. The van der Waals surface area contributed by atoms with Gasteiger partial charge in [-0.05, 0) is 42.8 Å². The number of carbonyl (C=O) groups is 2. The minimum atomic E-state index is -4.67. The number of urea groups is 1. The van der Waals surface area contributed by atoms with Crippen molar-refractivity contribution in [2.24, 2.45) is 5.73 Å². The molecule has 0 heterocycles. The van der Waals surface area contributed by atoms with Gasteiger partial charge in [0.25, 0.3) is 0 Å². The second kappa shape index (κ2) is 9.37. The van der Waals surface area contributed by atoms with Crippen LogP contribution in [-0.4, -0.2) is 11.9 Å². The van der Waals surface area contributed by atoms with Crippen LogP contribution in [-0.2, 0) is 11.0 Å². The topological polar surface area (TPSA) is 84.2 Å². The van der Waals surface area contributed by atoms with Crippen LogP contribution in [0.1, 0.15) is 12.5 Å². The van der Waals surface area contributed by atoms with Crippen LogP contribution < -0.4 is 16.4 Å². The molecule has 0 aliphatic rings. The number of halogens is 4. The quantitative estimate of drug-likeness (QED) is 0.394. The van der Waals surface area contributed by atoms with Crippen molar-refractivity contribution < 1.29 is 27.2 Å². The molecule has 0 radical (unpaired) electrons. The second-order valence-electron chi connectivity index (χ2n) is 5.23. The number of alkyl halides is 3. The minimum absolute atomic E-state index is 0.298. The van der Waals surface area contributed by atoms with E-state index in [-0.39, 0.29) is 0 Å². The van der Waals surface area contributed by atoms with Crippen LogP contribution in [0.4, 0.5) is 28.0 Å². The van der Waals surface area contributed by atoms with Gasteiger partial charge >= 0.3 is 12.2 Å². The van der Waals surface area contributed by atoms with E-state index in [1.165, 1.54) is 31.2 Å². The van der Waals surface area contributed by atoms with E-state index in [1.54, 1.807) is 0 Å². The van der Waals surface area contributed by atoms with Crippen molar-refractivity contribution in [3.8, 4) is 0 Å². The SMILES string of the molecule is C=CC(/C=C/C(N)=O)=C\C=C(/C)NC(=O)Nc1cc(C(F)(F)F)ccc1F. The highest BCUT2D eigenvalue weighted by atomic mass is 19.4. The van der Waals surface area contributed by atoms with Crippen molar-refractivity contribution in [1.82, 2.24) is 5.32 Å². The zero-order chi connectivity index (χ0) is 20.6. The lowest BCUT2D eigenvalue weighted by Crippen LogP contribution is -2.27. The molecule has 0 aliphatic carbocycles. The van der Waals surface area contributed by atoms with Crippen molar-refractivity contribution in [2.75, 3.05) is 5.32 Å². The summed E-state index contributed by atoms with van der Waals surface area (Å²) in [5.41, 5.74) is 4.08. The molecule has 0 aromatic heterocycles. The molecule has 27 heavy (non-hydrogen) atoms. The highest BCUT2D eigenvalue weighted by Gasteiger charge is 2.31. The van der Waals surface area contributed by atoms with Crippen LogP contribution in [0.15, 0.2) is 66.4 Å². The number of hydrogen-bond donors (Lipinski definition) is 3. The van der Waals surface area contributed by atoms with Crippen LogP contribution in [0.2, 0.25) is 0 Å². The molecule has 0 unspecified atom stereocenters. The maximum Gasteiger partial charge on any atom is 0.416 e. The Morgan fingerprint density at radius 1 is 1.19 bits per heavy atom. The van der Waals surface area contributed by atoms with E-state index in [0.717, 1.165) is 6.08 Å². The van der Waals surface area contributed by atoms with Gasteiger partial charge in [0.05, 0.1) is 11.3 Å². The summed E-state index contributed by atoms with van der Waals surface area (Å²) < 4.78 is 51.6. The first-order valence-electron chi connectivity index (χ1n) is 7.46. The van der Waals surface area contributed by atoms with Gasteiger partial charge in [-0.25, -0.2) is 9.18 Å². The number of amides is 3. The molecule has 144 valence electrons. The normalized spacial score (nSPS) is 12.8. The molecular formula is C18H17F4N3O2. The maximum atomic E-state index is 13.6. The fourth-order valence-electron chi connectivity index (χ4n) is 1.76. The first-order chi connectivity index (χ1) is 12.5. The first-order valence-corrected chi connectivity index (χ1v) is 7.46. The summed E-state index contributed by atoms with van der Waals surface area (Å²) in [6.07, 6.45) is 2.24. The number of nitrogens with two attached hydrogens (primary N) is 1.